The van der Waals surface area contributed by atoms with Gasteiger partial charge in [0.05, 0.1) is 41.2 Å². The third-order valence-corrected chi connectivity index (χ3v) is 10.1. The van der Waals surface area contributed by atoms with Crippen LogP contribution in [-0.2, 0) is 41.1 Å². The second kappa shape index (κ2) is 17.3. The minimum absolute atomic E-state index is 0.0260. The number of hydrogen-bond donors (Lipinski definition) is 4. The van der Waals surface area contributed by atoms with Gasteiger partial charge in [-0.2, -0.15) is 0 Å². The van der Waals surface area contributed by atoms with E-state index in [1.807, 2.05) is 55.5 Å². The maximum Gasteiger partial charge on any atom is 0.269 e. The van der Waals surface area contributed by atoms with Crippen molar-refractivity contribution in [1.82, 2.24) is 20.3 Å². The van der Waals surface area contributed by atoms with Crippen LogP contribution in [0.4, 0.5) is 22.7 Å². The summed E-state index contributed by atoms with van der Waals surface area (Å²) in [5.74, 6) is -0.740. The number of amides is 2. The first-order chi connectivity index (χ1) is 26.6. The first kappa shape index (κ1) is 39.2. The highest BCUT2D eigenvalue weighted by molar-refractivity contribution is 6.08. The minimum Gasteiger partial charge on any atom is -0.494 e. The van der Waals surface area contributed by atoms with E-state index in [9.17, 15) is 29.9 Å². The van der Waals surface area contributed by atoms with Crippen molar-refractivity contribution in [2.45, 2.75) is 70.7 Å². The number of non-ortho nitro benzene ring substituents is 1. The summed E-state index contributed by atoms with van der Waals surface area (Å²) in [6.07, 6.45) is 8.08. The molecule has 15 nitrogen and oxygen atoms in total. The van der Waals surface area contributed by atoms with E-state index in [2.05, 4.69) is 15.6 Å². The first-order valence-corrected chi connectivity index (χ1v) is 18.6. The maximum atomic E-state index is 14.2. The van der Waals surface area contributed by atoms with Gasteiger partial charge in [0, 0.05) is 61.7 Å². The highest BCUT2D eigenvalue weighted by Crippen LogP contribution is 2.47. The zero-order valence-electron chi connectivity index (χ0n) is 31.0. The van der Waals surface area contributed by atoms with Crippen molar-refractivity contribution in [3.8, 4) is 5.75 Å². The molecule has 55 heavy (non-hydrogen) atoms. The molecule has 2 amide bonds. The largest absolute Gasteiger partial charge is 0.494 e. The number of allylic oxidation sites excluding steroid dienone is 1. The number of benzene rings is 3. The molecule has 0 radical (unpaired) electrons. The Balaban J connectivity index is 1.23. The molecule has 0 fully saturated rings. The van der Waals surface area contributed by atoms with E-state index in [1.54, 1.807) is 28.8 Å². The summed E-state index contributed by atoms with van der Waals surface area (Å²) < 4.78 is 7.40. The number of nitro benzene ring substituents is 1. The molecule has 3 heterocycles. The van der Waals surface area contributed by atoms with Gasteiger partial charge in [-0.05, 0) is 86.7 Å². The van der Waals surface area contributed by atoms with Crippen LogP contribution in [0.25, 0.3) is 0 Å². The standard InChI is InChI=1S/C40H47N7O8/c1-3-55-33-14-16-36-29(22-33)23-35(41-18-5-7-20-48)38(50)46(36)31-11-9-28(10-12-31)25-45-37-15-13-32(47(53)54)24-34(37)40(52,39(45)51)27(2)8-4-6-19-44-26-30(17-21-49)42-43-44/h4,8-16,22,24,26-27,35,41,48-49,52H,3,5-7,17-21,23,25H2,1-2H3/b8-4+/t27-,35?,40+/m0/s1. The normalized spacial score (nSPS) is 18.5. The van der Waals surface area contributed by atoms with Crippen molar-refractivity contribution in [2.24, 2.45) is 5.92 Å². The second-order valence-electron chi connectivity index (χ2n) is 13.8. The smallest absolute Gasteiger partial charge is 0.269 e. The molecule has 4 N–H and O–H groups in total. The number of carbonyl (C=O) groups is 2. The molecule has 1 unspecified atom stereocenters. The molecule has 3 aromatic carbocycles. The number of anilines is 3. The number of aromatic nitrogens is 3. The van der Waals surface area contributed by atoms with Crippen LogP contribution in [-0.4, -0.2) is 79.5 Å². The number of nitrogens with zero attached hydrogens (tertiary/aromatic N) is 6. The fraction of sp³-hybridized carbons (Fsp3) is 0.400. The lowest BCUT2D eigenvalue weighted by molar-refractivity contribution is -0.385. The van der Waals surface area contributed by atoms with Crippen LogP contribution in [0, 0.1) is 16.0 Å². The third-order valence-electron chi connectivity index (χ3n) is 10.1. The lowest BCUT2D eigenvalue weighted by Gasteiger charge is -2.35. The van der Waals surface area contributed by atoms with Crippen molar-refractivity contribution >= 4 is 34.6 Å². The van der Waals surface area contributed by atoms with Crippen LogP contribution in [0.5, 0.6) is 5.75 Å². The zero-order chi connectivity index (χ0) is 39.1. The fourth-order valence-corrected chi connectivity index (χ4v) is 7.18. The Bertz CT molecular complexity index is 2030. The van der Waals surface area contributed by atoms with Gasteiger partial charge in [0.25, 0.3) is 11.6 Å². The number of ether oxygens (including phenoxy) is 1. The van der Waals surface area contributed by atoms with E-state index in [0.717, 1.165) is 29.0 Å². The molecule has 0 aliphatic carbocycles. The highest BCUT2D eigenvalue weighted by Gasteiger charge is 2.53. The van der Waals surface area contributed by atoms with Gasteiger partial charge in [0.2, 0.25) is 5.91 Å². The summed E-state index contributed by atoms with van der Waals surface area (Å²) in [5.41, 5.74) is 1.96. The number of aliphatic hydroxyl groups is 3. The number of fused-ring (bicyclic) bond motifs is 2. The van der Waals surface area contributed by atoms with E-state index >= 15 is 0 Å². The average Bonchev–Trinajstić information content (AvgIpc) is 3.72. The van der Waals surface area contributed by atoms with Gasteiger partial charge in [0.15, 0.2) is 5.60 Å². The molecule has 0 bridgehead atoms. The Hall–Kier alpha value is -5.48. The van der Waals surface area contributed by atoms with Crippen molar-refractivity contribution in [2.75, 3.05) is 36.2 Å². The summed E-state index contributed by atoms with van der Waals surface area (Å²) in [6, 6.07) is 16.6. The highest BCUT2D eigenvalue weighted by atomic mass is 16.6. The van der Waals surface area contributed by atoms with Crippen molar-refractivity contribution in [1.29, 1.82) is 0 Å². The SMILES string of the molecule is CCOc1ccc2c(c1)CC(NCCCCO)C(=O)N2c1ccc(CN2C(=O)[C@@](O)([C@@H](C)/C=C/CCn3cc(CCO)nn3)c3cc([N+](=O)[O-])ccc32)cc1. The molecule has 290 valence electrons. The Morgan fingerprint density at radius 1 is 1.07 bits per heavy atom. The number of nitrogens with one attached hydrogen (secondary N) is 1. The maximum absolute atomic E-state index is 14.2. The Morgan fingerprint density at radius 3 is 2.58 bits per heavy atom. The predicted molar refractivity (Wildman–Crippen MR) is 205 cm³/mol. The van der Waals surface area contributed by atoms with Gasteiger partial charge >= 0.3 is 0 Å². The summed E-state index contributed by atoms with van der Waals surface area (Å²) in [6.45, 7) is 5.33. The molecule has 2 aliphatic rings. The molecular weight excluding hydrogens is 706 g/mol. The molecule has 4 aromatic rings. The number of nitro groups is 1. The van der Waals surface area contributed by atoms with Crippen LogP contribution < -0.4 is 19.9 Å². The summed E-state index contributed by atoms with van der Waals surface area (Å²) in [4.78, 5) is 42.5. The number of hydrogen-bond acceptors (Lipinski definition) is 11. The van der Waals surface area contributed by atoms with Gasteiger partial charge in [-0.15, -0.1) is 5.10 Å². The van der Waals surface area contributed by atoms with Crippen molar-refractivity contribution in [3.63, 3.8) is 0 Å². The van der Waals surface area contributed by atoms with E-state index in [-0.39, 0.29) is 36.9 Å². The quantitative estimate of drug-likeness (QED) is 0.0495. The van der Waals surface area contributed by atoms with Gasteiger partial charge in [-0.25, -0.2) is 0 Å². The zero-order valence-corrected chi connectivity index (χ0v) is 31.0. The van der Waals surface area contributed by atoms with E-state index in [4.69, 9.17) is 9.84 Å². The van der Waals surface area contributed by atoms with Crippen LogP contribution in [0.15, 0.2) is 79.0 Å². The van der Waals surface area contributed by atoms with Gasteiger partial charge in [0.1, 0.15) is 5.75 Å². The topological polar surface area (TPSA) is 196 Å². The lowest BCUT2D eigenvalue weighted by atomic mass is 9.82. The molecule has 2 aliphatic heterocycles. The lowest BCUT2D eigenvalue weighted by Crippen LogP contribution is -2.49. The molecule has 3 atom stereocenters. The molecule has 1 aromatic heterocycles. The molecule has 15 heteroatoms. The molecule has 6 rings (SSSR count). The number of carbonyl (C=O) groups excluding carboxylic acids is 2. The molecular formula is C40H47N7O8. The Morgan fingerprint density at radius 2 is 1.85 bits per heavy atom. The first-order valence-electron chi connectivity index (χ1n) is 18.6. The number of rotatable bonds is 18. The Kier molecular flexibility index (Phi) is 12.4. The van der Waals surface area contributed by atoms with Crippen LogP contribution >= 0.6 is 0 Å². The predicted octanol–water partition coefficient (Wildman–Crippen LogP) is 4.09. The van der Waals surface area contributed by atoms with Crippen molar-refractivity contribution in [3.05, 3.63) is 112 Å². The number of aryl methyl sites for hydroxylation is 1. The van der Waals surface area contributed by atoms with E-state index < -0.39 is 28.4 Å². The second-order valence-corrected chi connectivity index (χ2v) is 13.8. The van der Waals surface area contributed by atoms with E-state index in [0.29, 0.717) is 62.4 Å². The van der Waals surface area contributed by atoms with Crippen LogP contribution in [0.1, 0.15) is 55.5 Å². The average molecular weight is 754 g/mol. The Labute approximate surface area is 319 Å². The number of aliphatic hydroxyl groups excluding tert-OH is 2. The summed E-state index contributed by atoms with van der Waals surface area (Å²) in [5, 5.41) is 53.7. The van der Waals surface area contributed by atoms with Crippen LogP contribution in [0.2, 0.25) is 0 Å². The van der Waals surface area contributed by atoms with Gasteiger partial charge in [-0.3, -0.25) is 29.3 Å². The van der Waals surface area contributed by atoms with Crippen LogP contribution in [0.3, 0.4) is 0 Å². The minimum atomic E-state index is -2.07. The monoisotopic (exact) mass is 753 g/mol. The molecule has 0 spiro atoms. The van der Waals surface area contributed by atoms with Crippen molar-refractivity contribution < 1.29 is 34.6 Å². The number of unbranched alkanes of at least 4 members (excludes halogenated alkanes) is 1. The molecule has 0 saturated heterocycles. The van der Waals surface area contributed by atoms with Gasteiger partial charge in [-0.1, -0.05) is 36.4 Å². The van der Waals surface area contributed by atoms with E-state index in [1.165, 1.54) is 23.1 Å². The fourth-order valence-electron chi connectivity index (χ4n) is 7.18. The summed E-state index contributed by atoms with van der Waals surface area (Å²) in [7, 11) is 0. The van der Waals surface area contributed by atoms with Gasteiger partial charge < -0.3 is 30.3 Å². The third kappa shape index (κ3) is 8.29. The molecule has 0 saturated carbocycles. The summed E-state index contributed by atoms with van der Waals surface area (Å²) >= 11 is 0.